The predicted molar refractivity (Wildman–Crippen MR) is 74.5 cm³/mol. The third-order valence-electron chi connectivity index (χ3n) is 2.86. The van der Waals surface area contributed by atoms with E-state index in [9.17, 15) is 0 Å². The molecule has 3 heteroatoms. The topological polar surface area (TPSA) is 19.4 Å². The van der Waals surface area contributed by atoms with Gasteiger partial charge < -0.3 is 9.80 Å². The fourth-order valence-electron chi connectivity index (χ4n) is 1.88. The molecule has 0 aliphatic heterocycles. The van der Waals surface area contributed by atoms with Gasteiger partial charge in [0, 0.05) is 32.9 Å². The molecule has 0 radical (unpaired) electrons. The lowest BCUT2D eigenvalue weighted by atomic mass is 10.2. The van der Waals surface area contributed by atoms with Crippen LogP contribution in [0.1, 0.15) is 20.8 Å². The molecule has 1 aromatic rings. The van der Waals surface area contributed by atoms with Crippen LogP contribution in [0.5, 0.6) is 0 Å². The van der Waals surface area contributed by atoms with Gasteiger partial charge in [0.25, 0.3) is 0 Å². The van der Waals surface area contributed by atoms with E-state index in [-0.39, 0.29) is 0 Å². The number of nitrogens with zero attached hydrogens (tertiary/aromatic N) is 3. The van der Waals surface area contributed by atoms with Gasteiger partial charge in [-0.1, -0.05) is 26.8 Å². The molecule has 17 heavy (non-hydrogen) atoms. The average Bonchev–Trinajstić information content (AvgIpc) is 2.34. The minimum atomic E-state index is 0.732. The van der Waals surface area contributed by atoms with E-state index in [0.717, 1.165) is 31.4 Å². The van der Waals surface area contributed by atoms with Gasteiger partial charge in [-0.15, -0.1) is 0 Å². The van der Waals surface area contributed by atoms with Crippen molar-refractivity contribution in [1.29, 1.82) is 0 Å². The summed E-state index contributed by atoms with van der Waals surface area (Å²) in [7, 11) is 2.10. The number of hydrogen-bond donors (Lipinski definition) is 0. The summed E-state index contributed by atoms with van der Waals surface area (Å²) in [6, 6.07) is 6.04. The molecule has 0 amide bonds. The Bertz CT molecular complexity index is 298. The lowest BCUT2D eigenvalue weighted by molar-refractivity contribution is 0.262. The summed E-state index contributed by atoms with van der Waals surface area (Å²) in [5, 5.41) is 0. The lowest BCUT2D eigenvalue weighted by Crippen LogP contribution is -2.35. The molecule has 0 aliphatic rings. The second kappa shape index (κ2) is 7.28. The maximum absolute atomic E-state index is 4.35. The van der Waals surface area contributed by atoms with E-state index in [0.29, 0.717) is 0 Å². The molecule has 0 saturated heterocycles. The molecule has 1 aromatic heterocycles. The fourth-order valence-corrected chi connectivity index (χ4v) is 1.88. The molecule has 0 atom stereocenters. The summed E-state index contributed by atoms with van der Waals surface area (Å²) < 4.78 is 0. The number of hydrogen-bond acceptors (Lipinski definition) is 3. The molecule has 0 fully saturated rings. The predicted octanol–water partition coefficient (Wildman–Crippen LogP) is 2.50. The van der Waals surface area contributed by atoms with Gasteiger partial charge >= 0.3 is 0 Å². The summed E-state index contributed by atoms with van der Waals surface area (Å²) in [5.74, 6) is 1.78. The zero-order chi connectivity index (χ0) is 12.7. The van der Waals surface area contributed by atoms with Crippen LogP contribution >= 0.6 is 0 Å². The minimum Gasteiger partial charge on any atom is -0.358 e. The van der Waals surface area contributed by atoms with Crippen LogP contribution in [0.3, 0.4) is 0 Å². The first kappa shape index (κ1) is 14.0. The van der Waals surface area contributed by atoms with Gasteiger partial charge in [-0.05, 0) is 24.6 Å². The van der Waals surface area contributed by atoms with Crippen LogP contribution in [0.25, 0.3) is 0 Å². The smallest absolute Gasteiger partial charge is 0.128 e. The molecule has 1 heterocycles. The van der Waals surface area contributed by atoms with Crippen molar-refractivity contribution in [2.24, 2.45) is 5.92 Å². The van der Waals surface area contributed by atoms with Crippen molar-refractivity contribution < 1.29 is 0 Å². The van der Waals surface area contributed by atoms with Gasteiger partial charge in [-0.2, -0.15) is 0 Å². The monoisotopic (exact) mass is 235 g/mol. The number of rotatable bonds is 7. The standard InChI is InChI=1S/C14H25N3/c1-5-17(12-13(2)3)11-10-16(4)14-8-6-7-9-15-14/h6-9,13H,5,10-12H2,1-4H3. The summed E-state index contributed by atoms with van der Waals surface area (Å²) in [4.78, 5) is 9.05. The van der Waals surface area contributed by atoms with Crippen molar-refractivity contribution >= 4 is 5.82 Å². The summed E-state index contributed by atoms with van der Waals surface area (Å²) >= 11 is 0. The van der Waals surface area contributed by atoms with E-state index in [1.807, 2.05) is 18.3 Å². The highest BCUT2D eigenvalue weighted by Crippen LogP contribution is 2.06. The third-order valence-corrected chi connectivity index (χ3v) is 2.86. The molecule has 0 unspecified atom stereocenters. The van der Waals surface area contributed by atoms with E-state index >= 15 is 0 Å². The van der Waals surface area contributed by atoms with E-state index < -0.39 is 0 Å². The quantitative estimate of drug-likeness (QED) is 0.724. The second-order valence-corrected chi connectivity index (χ2v) is 4.90. The normalized spacial score (nSPS) is 11.2. The minimum absolute atomic E-state index is 0.732. The zero-order valence-electron chi connectivity index (χ0n) is 11.6. The largest absolute Gasteiger partial charge is 0.358 e. The maximum Gasteiger partial charge on any atom is 0.128 e. The zero-order valence-corrected chi connectivity index (χ0v) is 11.6. The Morgan fingerprint density at radius 1 is 1.24 bits per heavy atom. The van der Waals surface area contributed by atoms with Crippen molar-refractivity contribution in [3.05, 3.63) is 24.4 Å². The van der Waals surface area contributed by atoms with Crippen LogP contribution in [-0.2, 0) is 0 Å². The number of aromatic nitrogens is 1. The highest BCUT2D eigenvalue weighted by Gasteiger charge is 2.07. The van der Waals surface area contributed by atoms with Crippen LogP contribution < -0.4 is 4.90 Å². The molecule has 0 aliphatic carbocycles. The SMILES string of the molecule is CCN(CCN(C)c1ccccn1)CC(C)C. The van der Waals surface area contributed by atoms with Crippen molar-refractivity contribution in [3.8, 4) is 0 Å². The average molecular weight is 235 g/mol. The van der Waals surface area contributed by atoms with Crippen LogP contribution in [0.15, 0.2) is 24.4 Å². The molecule has 3 nitrogen and oxygen atoms in total. The fraction of sp³-hybridized carbons (Fsp3) is 0.643. The van der Waals surface area contributed by atoms with Crippen LogP contribution in [0, 0.1) is 5.92 Å². The second-order valence-electron chi connectivity index (χ2n) is 4.90. The molecule has 0 aromatic carbocycles. The Balaban J connectivity index is 2.39. The molecule has 0 bridgehead atoms. The molecule has 0 N–H and O–H groups in total. The van der Waals surface area contributed by atoms with Crippen molar-refractivity contribution in [2.75, 3.05) is 38.1 Å². The first-order valence-corrected chi connectivity index (χ1v) is 6.48. The molecular weight excluding hydrogens is 210 g/mol. The van der Waals surface area contributed by atoms with E-state index in [2.05, 4.69) is 48.7 Å². The Morgan fingerprint density at radius 3 is 2.53 bits per heavy atom. The number of anilines is 1. The van der Waals surface area contributed by atoms with Crippen LogP contribution in [0.4, 0.5) is 5.82 Å². The van der Waals surface area contributed by atoms with E-state index in [1.54, 1.807) is 0 Å². The van der Waals surface area contributed by atoms with Crippen molar-refractivity contribution in [3.63, 3.8) is 0 Å². The van der Waals surface area contributed by atoms with Crippen LogP contribution in [0.2, 0.25) is 0 Å². The van der Waals surface area contributed by atoms with Crippen molar-refractivity contribution in [1.82, 2.24) is 9.88 Å². The molecule has 0 saturated carbocycles. The Hall–Kier alpha value is -1.09. The summed E-state index contributed by atoms with van der Waals surface area (Å²) in [5.41, 5.74) is 0. The van der Waals surface area contributed by atoms with E-state index in [4.69, 9.17) is 0 Å². The number of pyridine rings is 1. The first-order chi connectivity index (χ1) is 8.13. The molecular formula is C14H25N3. The Morgan fingerprint density at radius 2 is 2.00 bits per heavy atom. The van der Waals surface area contributed by atoms with Gasteiger partial charge in [-0.25, -0.2) is 4.98 Å². The highest BCUT2D eigenvalue weighted by molar-refractivity contribution is 5.36. The summed E-state index contributed by atoms with van der Waals surface area (Å²) in [6.07, 6.45) is 1.84. The van der Waals surface area contributed by atoms with E-state index in [1.165, 1.54) is 6.54 Å². The van der Waals surface area contributed by atoms with Gasteiger partial charge in [0.15, 0.2) is 0 Å². The molecule has 96 valence electrons. The first-order valence-electron chi connectivity index (χ1n) is 6.48. The number of likely N-dealkylation sites (N-methyl/N-ethyl adjacent to an activating group) is 2. The third kappa shape index (κ3) is 5.18. The van der Waals surface area contributed by atoms with Crippen molar-refractivity contribution in [2.45, 2.75) is 20.8 Å². The van der Waals surface area contributed by atoms with Gasteiger partial charge in [0.05, 0.1) is 0 Å². The maximum atomic E-state index is 4.35. The molecule has 1 rings (SSSR count). The summed E-state index contributed by atoms with van der Waals surface area (Å²) in [6.45, 7) is 11.2. The van der Waals surface area contributed by atoms with Gasteiger partial charge in [0.1, 0.15) is 5.82 Å². The lowest BCUT2D eigenvalue weighted by Gasteiger charge is -2.26. The van der Waals surface area contributed by atoms with Gasteiger partial charge in [-0.3, -0.25) is 0 Å². The Labute approximate surface area is 105 Å². The highest BCUT2D eigenvalue weighted by atomic mass is 15.2. The van der Waals surface area contributed by atoms with Gasteiger partial charge in [0.2, 0.25) is 0 Å². The molecule has 0 spiro atoms. The Kier molecular flexibility index (Phi) is 5.98. The van der Waals surface area contributed by atoms with Crippen LogP contribution in [-0.4, -0.2) is 43.1 Å².